The number of rotatable bonds is 5. The van der Waals surface area contributed by atoms with Crippen molar-refractivity contribution in [2.45, 2.75) is 58.2 Å². The summed E-state index contributed by atoms with van der Waals surface area (Å²) in [6.07, 6.45) is 0.844. The molecule has 0 saturated carbocycles. The van der Waals surface area contributed by atoms with Gasteiger partial charge in [0.05, 0.1) is 17.6 Å². The number of carbonyl (C=O) groups excluding carboxylic acids is 2. The van der Waals surface area contributed by atoms with Gasteiger partial charge in [0.15, 0.2) is 5.69 Å². The first kappa shape index (κ1) is 23.2. The lowest BCUT2D eigenvalue weighted by atomic mass is 9.98. The van der Waals surface area contributed by atoms with Crippen molar-refractivity contribution >= 4 is 23.4 Å². The minimum Gasteiger partial charge on any atom is -0.494 e. The van der Waals surface area contributed by atoms with E-state index in [4.69, 9.17) is 9.47 Å². The second kappa shape index (κ2) is 9.19. The van der Waals surface area contributed by atoms with Crippen LogP contribution in [0.15, 0.2) is 12.1 Å². The first-order valence-corrected chi connectivity index (χ1v) is 9.81. The van der Waals surface area contributed by atoms with Gasteiger partial charge in [0.25, 0.3) is 11.6 Å². The summed E-state index contributed by atoms with van der Waals surface area (Å²) < 4.78 is 10.5. The van der Waals surface area contributed by atoms with E-state index in [1.54, 1.807) is 32.7 Å². The maximum absolute atomic E-state index is 13.2. The van der Waals surface area contributed by atoms with Gasteiger partial charge >= 0.3 is 6.09 Å². The van der Waals surface area contributed by atoms with Crippen LogP contribution in [-0.2, 0) is 4.74 Å². The number of nitrogens with zero attached hydrogens (tertiary/aromatic N) is 2. The molecule has 1 saturated heterocycles. The Morgan fingerprint density at radius 3 is 2.47 bits per heavy atom. The van der Waals surface area contributed by atoms with Crippen LogP contribution in [0.1, 0.15) is 50.9 Å². The minimum absolute atomic E-state index is 0.0804. The van der Waals surface area contributed by atoms with E-state index < -0.39 is 16.6 Å². The van der Waals surface area contributed by atoms with Crippen molar-refractivity contribution in [3.63, 3.8) is 0 Å². The van der Waals surface area contributed by atoms with Crippen LogP contribution in [0.3, 0.4) is 0 Å². The van der Waals surface area contributed by atoms with Crippen molar-refractivity contribution in [2.75, 3.05) is 26.0 Å². The van der Waals surface area contributed by atoms with Gasteiger partial charge in [-0.3, -0.25) is 14.9 Å². The molecule has 0 spiro atoms. The molecule has 1 aromatic rings. The number of amides is 2. The Morgan fingerprint density at radius 2 is 1.93 bits per heavy atom. The van der Waals surface area contributed by atoms with E-state index in [2.05, 4.69) is 10.6 Å². The maximum Gasteiger partial charge on any atom is 0.407 e. The predicted molar refractivity (Wildman–Crippen MR) is 112 cm³/mol. The van der Waals surface area contributed by atoms with E-state index in [9.17, 15) is 19.7 Å². The zero-order valence-electron chi connectivity index (χ0n) is 18.3. The van der Waals surface area contributed by atoms with Crippen LogP contribution in [0, 0.1) is 10.1 Å². The third-order valence-electron chi connectivity index (χ3n) is 4.86. The summed E-state index contributed by atoms with van der Waals surface area (Å²) in [5, 5.41) is 17.0. The van der Waals surface area contributed by atoms with E-state index in [1.165, 1.54) is 19.2 Å². The van der Waals surface area contributed by atoms with E-state index >= 15 is 0 Å². The molecule has 1 aliphatic heterocycles. The maximum atomic E-state index is 13.2. The number of nitrogens with one attached hydrogen (secondary N) is 2. The number of carbonyl (C=O) groups is 2. The van der Waals surface area contributed by atoms with Crippen LogP contribution in [0.5, 0.6) is 5.75 Å². The number of methoxy groups -OCH3 is 1. The lowest BCUT2D eigenvalue weighted by Crippen LogP contribution is -2.53. The first-order chi connectivity index (χ1) is 14.0. The van der Waals surface area contributed by atoms with Crippen molar-refractivity contribution < 1.29 is 24.0 Å². The SMILES string of the molecule is CNc1c(OC)cc(C(=O)N2C[C@H](NC(=O)OC(C)(C)C)CC[C@H]2C)cc1[N+](=O)[O-]. The third kappa shape index (κ3) is 5.52. The molecule has 2 rings (SSSR count). The Hall–Kier alpha value is -3.04. The number of piperidine rings is 1. The molecule has 1 aliphatic rings. The summed E-state index contributed by atoms with van der Waals surface area (Å²) in [7, 11) is 2.93. The second-order valence-corrected chi connectivity index (χ2v) is 8.31. The molecule has 0 aromatic heterocycles. The molecular weight excluding hydrogens is 392 g/mol. The number of hydrogen-bond acceptors (Lipinski definition) is 7. The van der Waals surface area contributed by atoms with E-state index in [-0.39, 0.29) is 47.2 Å². The van der Waals surface area contributed by atoms with Crippen molar-refractivity contribution in [3.05, 3.63) is 27.8 Å². The van der Waals surface area contributed by atoms with Crippen molar-refractivity contribution in [3.8, 4) is 5.75 Å². The molecule has 2 atom stereocenters. The molecule has 1 aromatic carbocycles. The molecule has 166 valence electrons. The van der Waals surface area contributed by atoms with Gasteiger partial charge in [-0.1, -0.05) is 0 Å². The molecule has 1 heterocycles. The monoisotopic (exact) mass is 422 g/mol. The van der Waals surface area contributed by atoms with Crippen molar-refractivity contribution in [1.29, 1.82) is 0 Å². The molecule has 0 unspecified atom stereocenters. The molecule has 0 bridgehead atoms. The highest BCUT2D eigenvalue weighted by Crippen LogP contribution is 2.36. The first-order valence-electron chi connectivity index (χ1n) is 9.81. The molecular formula is C20H30N4O6. The van der Waals surface area contributed by atoms with Gasteiger partial charge in [0.2, 0.25) is 0 Å². The fourth-order valence-electron chi connectivity index (χ4n) is 3.43. The molecule has 0 radical (unpaired) electrons. The fraction of sp³-hybridized carbons (Fsp3) is 0.600. The highest BCUT2D eigenvalue weighted by atomic mass is 16.6. The highest BCUT2D eigenvalue weighted by molar-refractivity contribution is 5.97. The quantitative estimate of drug-likeness (QED) is 0.552. The van der Waals surface area contributed by atoms with Crippen LogP contribution in [0.25, 0.3) is 0 Å². The van der Waals surface area contributed by atoms with Gasteiger partial charge in [0.1, 0.15) is 11.4 Å². The summed E-state index contributed by atoms with van der Waals surface area (Å²) in [6.45, 7) is 7.53. The number of ether oxygens (including phenoxy) is 2. The molecule has 0 aliphatic carbocycles. The van der Waals surface area contributed by atoms with Gasteiger partial charge in [-0.05, 0) is 46.6 Å². The minimum atomic E-state index is -0.619. The number of nitro benzene ring substituents is 1. The summed E-state index contributed by atoms with van der Waals surface area (Å²) >= 11 is 0. The highest BCUT2D eigenvalue weighted by Gasteiger charge is 2.33. The molecule has 2 N–H and O–H groups in total. The molecule has 10 heteroatoms. The fourth-order valence-corrected chi connectivity index (χ4v) is 3.43. The summed E-state index contributed by atoms with van der Waals surface area (Å²) in [6, 6.07) is 2.38. The van der Waals surface area contributed by atoms with Crippen molar-refractivity contribution in [2.24, 2.45) is 0 Å². The zero-order valence-corrected chi connectivity index (χ0v) is 18.3. The van der Waals surface area contributed by atoms with Gasteiger partial charge in [0, 0.05) is 31.7 Å². The third-order valence-corrected chi connectivity index (χ3v) is 4.86. The number of hydrogen-bond donors (Lipinski definition) is 2. The topological polar surface area (TPSA) is 123 Å². The average molecular weight is 422 g/mol. The molecule has 2 amide bonds. The second-order valence-electron chi connectivity index (χ2n) is 8.31. The van der Waals surface area contributed by atoms with Gasteiger partial charge in [-0.2, -0.15) is 0 Å². The van der Waals surface area contributed by atoms with Gasteiger partial charge in [-0.15, -0.1) is 0 Å². The number of anilines is 1. The summed E-state index contributed by atoms with van der Waals surface area (Å²) in [5.41, 5.74) is -0.502. The average Bonchev–Trinajstić information content (AvgIpc) is 2.66. The van der Waals surface area contributed by atoms with Crippen molar-refractivity contribution in [1.82, 2.24) is 10.2 Å². The number of nitro groups is 1. The standard InChI is InChI=1S/C20H30N4O6/c1-12-7-8-14(22-19(26)30-20(2,3)4)11-23(12)18(25)13-9-15(24(27)28)17(21-5)16(10-13)29-6/h9-10,12,14,21H,7-8,11H2,1-6H3,(H,22,26)/t12-,14-/m1/s1. The van der Waals surface area contributed by atoms with E-state index in [0.717, 1.165) is 0 Å². The summed E-state index contributed by atoms with van der Waals surface area (Å²) in [4.78, 5) is 37.8. The Labute approximate surface area is 176 Å². The van der Waals surface area contributed by atoms with E-state index in [0.29, 0.717) is 12.8 Å². The Bertz CT molecular complexity index is 820. The van der Waals surface area contributed by atoms with Gasteiger partial charge < -0.3 is 25.0 Å². The number of alkyl carbamates (subject to hydrolysis) is 1. The van der Waals surface area contributed by atoms with Crippen LogP contribution in [0.2, 0.25) is 0 Å². The molecule has 10 nitrogen and oxygen atoms in total. The van der Waals surface area contributed by atoms with Gasteiger partial charge in [-0.25, -0.2) is 4.79 Å². The summed E-state index contributed by atoms with van der Waals surface area (Å²) in [5.74, 6) is -0.148. The van der Waals surface area contributed by atoms with E-state index in [1.807, 2.05) is 6.92 Å². The predicted octanol–water partition coefficient (Wildman–Crippen LogP) is 3.16. The molecule has 30 heavy (non-hydrogen) atoms. The Kier molecular flexibility index (Phi) is 7.12. The normalized spacial score (nSPS) is 19.1. The van der Waals surface area contributed by atoms with Crippen LogP contribution < -0.4 is 15.4 Å². The van der Waals surface area contributed by atoms with Crippen LogP contribution in [0.4, 0.5) is 16.2 Å². The molecule has 1 fully saturated rings. The number of benzene rings is 1. The lowest BCUT2D eigenvalue weighted by Gasteiger charge is -2.38. The zero-order chi connectivity index (χ0) is 22.6. The Balaban J connectivity index is 2.25. The smallest absolute Gasteiger partial charge is 0.407 e. The Morgan fingerprint density at radius 1 is 1.27 bits per heavy atom. The largest absolute Gasteiger partial charge is 0.494 e. The number of likely N-dealkylation sites (tertiary alicyclic amines) is 1. The lowest BCUT2D eigenvalue weighted by molar-refractivity contribution is -0.384. The van der Waals surface area contributed by atoms with Crippen LogP contribution in [-0.4, -0.2) is 60.2 Å². The van der Waals surface area contributed by atoms with Crippen LogP contribution >= 0.6 is 0 Å².